The summed E-state index contributed by atoms with van der Waals surface area (Å²) in [5.74, 6) is 0.767. The number of benzene rings is 1. The average molecular weight is 278 g/mol. The molecule has 5 nitrogen and oxygen atoms in total. The van der Waals surface area contributed by atoms with Gasteiger partial charge in [-0.1, -0.05) is 13.0 Å². The lowest BCUT2D eigenvalue weighted by Crippen LogP contribution is -2.35. The van der Waals surface area contributed by atoms with Crippen molar-refractivity contribution in [2.45, 2.75) is 32.3 Å². The highest BCUT2D eigenvalue weighted by Crippen LogP contribution is 2.17. The van der Waals surface area contributed by atoms with E-state index in [0.717, 1.165) is 37.3 Å². The van der Waals surface area contributed by atoms with Crippen LogP contribution in [0.2, 0.25) is 0 Å². The Morgan fingerprint density at radius 2 is 2.40 bits per heavy atom. The Labute approximate surface area is 119 Å². The summed E-state index contributed by atoms with van der Waals surface area (Å²) in [4.78, 5) is 11.8. The van der Waals surface area contributed by atoms with Gasteiger partial charge in [-0.05, 0) is 31.4 Å². The molecule has 5 heteroatoms. The lowest BCUT2D eigenvalue weighted by Gasteiger charge is -2.12. The van der Waals surface area contributed by atoms with Crippen molar-refractivity contribution in [3.63, 3.8) is 0 Å². The highest BCUT2D eigenvalue weighted by atomic mass is 16.5. The van der Waals surface area contributed by atoms with E-state index < -0.39 is 0 Å². The van der Waals surface area contributed by atoms with Crippen molar-refractivity contribution >= 4 is 11.7 Å². The minimum absolute atomic E-state index is 0.153. The van der Waals surface area contributed by atoms with Crippen molar-refractivity contribution in [2.75, 3.05) is 25.1 Å². The van der Waals surface area contributed by atoms with Crippen molar-refractivity contribution in [2.24, 2.45) is 0 Å². The van der Waals surface area contributed by atoms with Crippen LogP contribution in [0.5, 0.6) is 5.75 Å². The molecule has 0 radical (unpaired) electrons. The summed E-state index contributed by atoms with van der Waals surface area (Å²) in [5.41, 5.74) is 0.725. The maximum Gasteiger partial charge on any atom is 0.319 e. The fraction of sp³-hybridized carbons (Fsp3) is 0.533. The fourth-order valence-corrected chi connectivity index (χ4v) is 2.07. The van der Waals surface area contributed by atoms with E-state index in [1.165, 1.54) is 0 Å². The summed E-state index contributed by atoms with van der Waals surface area (Å²) in [6.45, 7) is 4.08. The van der Waals surface area contributed by atoms with Crippen LogP contribution in [0, 0.1) is 0 Å². The molecule has 20 heavy (non-hydrogen) atoms. The summed E-state index contributed by atoms with van der Waals surface area (Å²) < 4.78 is 11.0. The molecule has 1 aromatic carbocycles. The number of ether oxygens (including phenoxy) is 2. The zero-order valence-electron chi connectivity index (χ0n) is 11.9. The summed E-state index contributed by atoms with van der Waals surface area (Å²) >= 11 is 0. The third kappa shape index (κ3) is 4.74. The molecule has 2 amide bonds. The number of hydrogen-bond donors (Lipinski definition) is 2. The minimum Gasteiger partial charge on any atom is -0.494 e. The van der Waals surface area contributed by atoms with E-state index >= 15 is 0 Å². The molecule has 1 unspecified atom stereocenters. The Balaban J connectivity index is 1.77. The Morgan fingerprint density at radius 1 is 1.50 bits per heavy atom. The summed E-state index contributed by atoms with van der Waals surface area (Å²) in [7, 11) is 0. The number of nitrogens with one attached hydrogen (secondary N) is 2. The van der Waals surface area contributed by atoms with Crippen LogP contribution in [-0.4, -0.2) is 31.9 Å². The molecule has 0 bridgehead atoms. The molecule has 0 spiro atoms. The number of anilines is 1. The average Bonchev–Trinajstić information content (AvgIpc) is 2.97. The number of urea groups is 1. The van der Waals surface area contributed by atoms with Gasteiger partial charge >= 0.3 is 6.03 Å². The number of carbonyl (C=O) groups excluding carboxylic acids is 1. The van der Waals surface area contributed by atoms with Crippen molar-refractivity contribution in [1.82, 2.24) is 5.32 Å². The van der Waals surface area contributed by atoms with E-state index in [2.05, 4.69) is 17.6 Å². The number of rotatable bonds is 6. The molecular formula is C15H22N2O3. The zero-order chi connectivity index (χ0) is 14.2. The van der Waals surface area contributed by atoms with E-state index in [0.29, 0.717) is 13.2 Å². The molecule has 1 fully saturated rings. The third-order valence-corrected chi connectivity index (χ3v) is 3.08. The molecule has 2 N–H and O–H groups in total. The van der Waals surface area contributed by atoms with E-state index in [-0.39, 0.29) is 12.1 Å². The molecular weight excluding hydrogens is 256 g/mol. The zero-order valence-corrected chi connectivity index (χ0v) is 11.9. The van der Waals surface area contributed by atoms with E-state index in [1.54, 1.807) is 0 Å². The van der Waals surface area contributed by atoms with E-state index in [9.17, 15) is 4.79 Å². The number of carbonyl (C=O) groups is 1. The van der Waals surface area contributed by atoms with Gasteiger partial charge in [0.05, 0.1) is 12.7 Å². The van der Waals surface area contributed by atoms with Crippen LogP contribution in [0.1, 0.15) is 26.2 Å². The molecule has 1 atom stereocenters. The Bertz CT molecular complexity index is 431. The number of amides is 2. The quantitative estimate of drug-likeness (QED) is 0.841. The smallest absolute Gasteiger partial charge is 0.319 e. The standard InChI is InChI=1S/C15H22N2O3/c1-2-8-19-13-6-3-5-12(10-13)17-15(18)16-11-14-7-4-9-20-14/h3,5-6,10,14H,2,4,7-9,11H2,1H3,(H2,16,17,18). The largest absolute Gasteiger partial charge is 0.494 e. The second-order valence-corrected chi connectivity index (χ2v) is 4.85. The SMILES string of the molecule is CCCOc1cccc(NC(=O)NCC2CCCO2)c1. The van der Waals surface area contributed by atoms with Gasteiger partial charge in [-0.3, -0.25) is 0 Å². The van der Waals surface area contributed by atoms with E-state index in [4.69, 9.17) is 9.47 Å². The van der Waals surface area contributed by atoms with Crippen molar-refractivity contribution < 1.29 is 14.3 Å². The maximum atomic E-state index is 11.8. The molecule has 1 saturated heterocycles. The van der Waals surface area contributed by atoms with Crippen molar-refractivity contribution in [3.8, 4) is 5.75 Å². The predicted molar refractivity (Wildman–Crippen MR) is 78.2 cm³/mol. The molecule has 0 saturated carbocycles. The van der Waals surface area contributed by atoms with Crippen LogP contribution in [0.25, 0.3) is 0 Å². The van der Waals surface area contributed by atoms with Crippen LogP contribution >= 0.6 is 0 Å². The first-order valence-electron chi connectivity index (χ1n) is 7.17. The van der Waals surface area contributed by atoms with Gasteiger partial charge in [-0.2, -0.15) is 0 Å². The van der Waals surface area contributed by atoms with E-state index in [1.807, 2.05) is 24.3 Å². The molecule has 2 rings (SSSR count). The molecule has 1 aromatic rings. The van der Waals surface area contributed by atoms with Crippen molar-refractivity contribution in [3.05, 3.63) is 24.3 Å². The normalized spacial score (nSPS) is 17.8. The second-order valence-electron chi connectivity index (χ2n) is 4.85. The third-order valence-electron chi connectivity index (χ3n) is 3.08. The summed E-state index contributed by atoms with van der Waals surface area (Å²) in [5, 5.41) is 5.62. The highest BCUT2D eigenvalue weighted by molar-refractivity contribution is 5.89. The molecule has 1 aliphatic heterocycles. The molecule has 110 valence electrons. The van der Waals surface area contributed by atoms with Gasteiger partial charge in [0.2, 0.25) is 0 Å². The van der Waals surface area contributed by atoms with Gasteiger partial charge in [0.15, 0.2) is 0 Å². The summed E-state index contributed by atoms with van der Waals surface area (Å²) in [6, 6.07) is 7.19. The minimum atomic E-state index is -0.215. The Kier molecular flexibility index (Phi) is 5.68. The highest BCUT2D eigenvalue weighted by Gasteiger charge is 2.16. The first-order chi connectivity index (χ1) is 9.78. The topological polar surface area (TPSA) is 59.6 Å². The van der Waals surface area contributed by atoms with Crippen LogP contribution in [0.4, 0.5) is 10.5 Å². The van der Waals surface area contributed by atoms with Gasteiger partial charge in [-0.25, -0.2) is 4.79 Å². The summed E-state index contributed by atoms with van der Waals surface area (Å²) in [6.07, 6.45) is 3.20. The van der Waals surface area contributed by atoms with Crippen LogP contribution in [0.3, 0.4) is 0 Å². The monoisotopic (exact) mass is 278 g/mol. The molecule has 1 heterocycles. The van der Waals surface area contributed by atoms with Gasteiger partial charge in [-0.15, -0.1) is 0 Å². The number of hydrogen-bond acceptors (Lipinski definition) is 3. The second kappa shape index (κ2) is 7.75. The van der Waals surface area contributed by atoms with Gasteiger partial charge < -0.3 is 20.1 Å². The first kappa shape index (κ1) is 14.7. The van der Waals surface area contributed by atoms with Crippen LogP contribution in [0.15, 0.2) is 24.3 Å². The predicted octanol–water partition coefficient (Wildman–Crippen LogP) is 2.78. The van der Waals surface area contributed by atoms with Gasteiger partial charge in [0.1, 0.15) is 5.75 Å². The van der Waals surface area contributed by atoms with Gasteiger partial charge in [0, 0.05) is 24.9 Å². The van der Waals surface area contributed by atoms with Crippen molar-refractivity contribution in [1.29, 1.82) is 0 Å². The Morgan fingerprint density at radius 3 is 3.15 bits per heavy atom. The Hall–Kier alpha value is -1.75. The fourth-order valence-electron chi connectivity index (χ4n) is 2.07. The molecule has 0 aliphatic carbocycles. The maximum absolute atomic E-state index is 11.8. The van der Waals surface area contributed by atoms with Crippen LogP contribution in [-0.2, 0) is 4.74 Å². The lowest BCUT2D eigenvalue weighted by atomic mass is 10.2. The molecule has 0 aromatic heterocycles. The lowest BCUT2D eigenvalue weighted by molar-refractivity contribution is 0.112. The molecule has 1 aliphatic rings. The first-order valence-corrected chi connectivity index (χ1v) is 7.17. The van der Waals surface area contributed by atoms with Crippen LogP contribution < -0.4 is 15.4 Å². The van der Waals surface area contributed by atoms with Gasteiger partial charge in [0.25, 0.3) is 0 Å².